The van der Waals surface area contributed by atoms with E-state index in [1.165, 1.54) is 19.3 Å². The van der Waals surface area contributed by atoms with Gasteiger partial charge in [0.15, 0.2) is 5.82 Å². The van der Waals surface area contributed by atoms with Crippen LogP contribution in [0.5, 0.6) is 0 Å². The number of rotatable bonds is 4. The number of nitrogens with zero attached hydrogens (tertiary/aromatic N) is 2. The molecule has 1 aromatic rings. The largest absolute Gasteiger partial charge is 0.389 e. The molecule has 1 heterocycles. The van der Waals surface area contributed by atoms with Gasteiger partial charge in [-0.15, -0.1) is 5.10 Å². The van der Waals surface area contributed by atoms with Gasteiger partial charge in [0.05, 0.1) is 11.3 Å². The zero-order valence-corrected chi connectivity index (χ0v) is 13.9. The van der Waals surface area contributed by atoms with Crippen molar-refractivity contribution in [3.05, 3.63) is 16.8 Å². The van der Waals surface area contributed by atoms with Crippen LogP contribution in [0.4, 0.5) is 5.82 Å². The summed E-state index contributed by atoms with van der Waals surface area (Å²) in [4.78, 5) is 0.388. The van der Waals surface area contributed by atoms with Crippen LogP contribution in [-0.2, 0) is 0 Å². The van der Waals surface area contributed by atoms with Crippen molar-refractivity contribution in [1.82, 2.24) is 10.2 Å². The Morgan fingerprint density at radius 1 is 1.30 bits per heavy atom. The first kappa shape index (κ1) is 15.5. The molecule has 0 aromatic carbocycles. The summed E-state index contributed by atoms with van der Waals surface area (Å²) in [6, 6.07) is 0.420. The SMILES string of the molecule is CSC1CCCCC1Nc1nnc(C)c(C)c1C(N)=S. The van der Waals surface area contributed by atoms with E-state index >= 15 is 0 Å². The minimum absolute atomic E-state index is 0.388. The molecule has 2 unspecified atom stereocenters. The highest BCUT2D eigenvalue weighted by atomic mass is 32.2. The molecule has 1 saturated carbocycles. The van der Waals surface area contributed by atoms with Gasteiger partial charge in [-0.1, -0.05) is 25.1 Å². The first-order valence-corrected chi connectivity index (χ1v) is 8.67. The summed E-state index contributed by atoms with van der Waals surface area (Å²) >= 11 is 7.11. The normalized spacial score (nSPS) is 22.6. The van der Waals surface area contributed by atoms with Crippen molar-refractivity contribution in [2.75, 3.05) is 11.6 Å². The number of thiocarbonyl (C=S) groups is 1. The van der Waals surface area contributed by atoms with Gasteiger partial charge in [0, 0.05) is 11.3 Å². The molecule has 0 radical (unpaired) electrons. The molecular weight excluding hydrogens is 288 g/mol. The van der Waals surface area contributed by atoms with Crippen LogP contribution in [0.3, 0.4) is 0 Å². The third-order valence-electron chi connectivity index (χ3n) is 4.03. The van der Waals surface area contributed by atoms with Crippen LogP contribution in [0.1, 0.15) is 42.5 Å². The predicted octanol–water partition coefficient (Wildman–Crippen LogP) is 2.81. The number of aryl methyl sites for hydroxylation is 1. The molecule has 1 fully saturated rings. The lowest BCUT2D eigenvalue weighted by Crippen LogP contribution is -2.35. The Morgan fingerprint density at radius 2 is 2.00 bits per heavy atom. The Balaban J connectivity index is 2.28. The van der Waals surface area contributed by atoms with Gasteiger partial charge < -0.3 is 11.1 Å². The zero-order chi connectivity index (χ0) is 14.7. The minimum Gasteiger partial charge on any atom is -0.389 e. The number of nitrogens with one attached hydrogen (secondary N) is 1. The third kappa shape index (κ3) is 3.23. The topological polar surface area (TPSA) is 63.8 Å². The summed E-state index contributed by atoms with van der Waals surface area (Å²) in [5.74, 6) is 0.742. The van der Waals surface area contributed by atoms with Crippen LogP contribution in [-0.4, -0.2) is 32.7 Å². The molecular formula is C14H22N4S2. The molecule has 2 rings (SSSR count). The lowest BCUT2D eigenvalue weighted by molar-refractivity contribution is 0.473. The second-order valence-electron chi connectivity index (χ2n) is 5.31. The summed E-state index contributed by atoms with van der Waals surface area (Å²) in [6.45, 7) is 3.93. The lowest BCUT2D eigenvalue weighted by atomic mass is 9.94. The maximum absolute atomic E-state index is 5.88. The van der Waals surface area contributed by atoms with E-state index in [-0.39, 0.29) is 0 Å². The van der Waals surface area contributed by atoms with Crippen LogP contribution < -0.4 is 11.1 Å². The van der Waals surface area contributed by atoms with Crippen molar-refractivity contribution in [3.63, 3.8) is 0 Å². The fourth-order valence-electron chi connectivity index (χ4n) is 2.73. The highest BCUT2D eigenvalue weighted by Crippen LogP contribution is 2.30. The monoisotopic (exact) mass is 310 g/mol. The van der Waals surface area contributed by atoms with E-state index in [1.807, 2.05) is 25.6 Å². The molecule has 110 valence electrons. The number of hydrogen-bond acceptors (Lipinski definition) is 5. The van der Waals surface area contributed by atoms with E-state index in [0.29, 0.717) is 16.3 Å². The van der Waals surface area contributed by atoms with Gasteiger partial charge in [-0.25, -0.2) is 0 Å². The van der Waals surface area contributed by atoms with Crippen molar-refractivity contribution in [1.29, 1.82) is 0 Å². The summed E-state index contributed by atoms with van der Waals surface area (Å²) in [5, 5.41) is 12.6. The van der Waals surface area contributed by atoms with Gasteiger partial charge in [-0.05, 0) is 38.5 Å². The Hall–Kier alpha value is -0.880. The Morgan fingerprint density at radius 3 is 2.65 bits per heavy atom. The summed E-state index contributed by atoms with van der Waals surface area (Å²) in [5.41, 5.74) is 8.62. The summed E-state index contributed by atoms with van der Waals surface area (Å²) in [6.07, 6.45) is 7.15. The van der Waals surface area contributed by atoms with Crippen LogP contribution in [0, 0.1) is 13.8 Å². The first-order chi connectivity index (χ1) is 9.54. The molecule has 0 amide bonds. The number of thioether (sulfide) groups is 1. The molecule has 6 heteroatoms. The van der Waals surface area contributed by atoms with E-state index in [1.54, 1.807) is 0 Å². The van der Waals surface area contributed by atoms with Crippen LogP contribution in [0.2, 0.25) is 0 Å². The second kappa shape index (κ2) is 6.72. The van der Waals surface area contributed by atoms with Gasteiger partial charge in [0.25, 0.3) is 0 Å². The Bertz CT molecular complexity index is 504. The van der Waals surface area contributed by atoms with Crippen molar-refractivity contribution in [2.24, 2.45) is 5.73 Å². The maximum atomic E-state index is 5.88. The smallest absolute Gasteiger partial charge is 0.159 e. The number of aromatic nitrogens is 2. The Kier molecular flexibility index (Phi) is 5.21. The molecule has 2 atom stereocenters. The van der Waals surface area contributed by atoms with Crippen LogP contribution >= 0.6 is 24.0 Å². The standard InChI is InChI=1S/C14H22N4S2/c1-8-9(2)17-18-14(12(8)13(15)19)16-10-6-4-5-7-11(10)20-3/h10-11H,4-7H2,1-3H3,(H2,15,19)(H,16,18). The summed E-state index contributed by atoms with van der Waals surface area (Å²) in [7, 11) is 0. The average molecular weight is 310 g/mol. The molecule has 0 aliphatic heterocycles. The molecule has 4 nitrogen and oxygen atoms in total. The highest BCUT2D eigenvalue weighted by Gasteiger charge is 2.26. The fraction of sp³-hybridized carbons (Fsp3) is 0.643. The quantitative estimate of drug-likeness (QED) is 0.834. The van der Waals surface area contributed by atoms with E-state index in [2.05, 4.69) is 21.8 Å². The van der Waals surface area contributed by atoms with Crippen LogP contribution in [0.25, 0.3) is 0 Å². The summed E-state index contributed by atoms with van der Waals surface area (Å²) < 4.78 is 0. The van der Waals surface area contributed by atoms with Gasteiger partial charge >= 0.3 is 0 Å². The molecule has 0 bridgehead atoms. The third-order valence-corrected chi connectivity index (χ3v) is 5.40. The molecule has 1 aliphatic carbocycles. The number of nitrogens with two attached hydrogens (primary N) is 1. The van der Waals surface area contributed by atoms with E-state index in [9.17, 15) is 0 Å². The van der Waals surface area contributed by atoms with Crippen LogP contribution in [0.15, 0.2) is 0 Å². The van der Waals surface area contributed by atoms with Gasteiger partial charge in [0.1, 0.15) is 4.99 Å². The molecule has 3 N–H and O–H groups in total. The average Bonchev–Trinajstić information content (AvgIpc) is 2.43. The zero-order valence-electron chi connectivity index (χ0n) is 12.3. The minimum atomic E-state index is 0.388. The van der Waals surface area contributed by atoms with E-state index in [4.69, 9.17) is 18.0 Å². The molecule has 20 heavy (non-hydrogen) atoms. The molecule has 0 spiro atoms. The lowest BCUT2D eigenvalue weighted by Gasteiger charge is -2.31. The molecule has 0 saturated heterocycles. The van der Waals surface area contributed by atoms with E-state index < -0.39 is 0 Å². The molecule has 1 aliphatic rings. The fourth-order valence-corrected chi connectivity index (χ4v) is 3.92. The molecule has 1 aromatic heterocycles. The number of anilines is 1. The van der Waals surface area contributed by atoms with Crippen molar-refractivity contribution in [3.8, 4) is 0 Å². The number of hydrogen-bond donors (Lipinski definition) is 2. The van der Waals surface area contributed by atoms with Crippen molar-refractivity contribution >= 4 is 34.8 Å². The van der Waals surface area contributed by atoms with Gasteiger partial charge in [-0.2, -0.15) is 16.9 Å². The van der Waals surface area contributed by atoms with Crippen molar-refractivity contribution in [2.45, 2.75) is 50.8 Å². The highest BCUT2D eigenvalue weighted by molar-refractivity contribution is 7.99. The van der Waals surface area contributed by atoms with Crippen molar-refractivity contribution < 1.29 is 0 Å². The first-order valence-electron chi connectivity index (χ1n) is 6.97. The van der Waals surface area contributed by atoms with Gasteiger partial charge in [-0.3, -0.25) is 0 Å². The second-order valence-corrected chi connectivity index (χ2v) is 6.82. The predicted molar refractivity (Wildman–Crippen MR) is 90.6 cm³/mol. The van der Waals surface area contributed by atoms with E-state index in [0.717, 1.165) is 29.1 Å². The van der Waals surface area contributed by atoms with Gasteiger partial charge in [0.2, 0.25) is 0 Å². The Labute approximate surface area is 130 Å². The maximum Gasteiger partial charge on any atom is 0.159 e.